The summed E-state index contributed by atoms with van der Waals surface area (Å²) < 4.78 is 5.56. The molecular formula is C73H69N3O. The van der Waals surface area contributed by atoms with Gasteiger partial charge in [0.1, 0.15) is 5.75 Å². The largest absolute Gasteiger partial charge is 0.497 e. The molecule has 0 fully saturated rings. The van der Waals surface area contributed by atoms with E-state index in [9.17, 15) is 0 Å². The van der Waals surface area contributed by atoms with Gasteiger partial charge in [0, 0.05) is 51.2 Å². The summed E-state index contributed by atoms with van der Waals surface area (Å²) in [7, 11) is 1.71. The third kappa shape index (κ3) is 12.8. The molecule has 0 atom stereocenters. The highest BCUT2D eigenvalue weighted by atomic mass is 16.5. The van der Waals surface area contributed by atoms with Crippen LogP contribution in [0.5, 0.6) is 5.75 Å². The maximum atomic E-state index is 5.56. The summed E-state index contributed by atoms with van der Waals surface area (Å²) in [6.45, 7) is 8.77. The van der Waals surface area contributed by atoms with Crippen molar-refractivity contribution in [2.75, 3.05) is 21.8 Å². The SMILES string of the molecule is CCCCc1ccc(N(c2ccc(C)cc2)c2ccc(/C=C/c3ccc(N(c4ccc(/C=C/c5ccc(N(c6ccc(C)cc6)c6ccc(CCCC)cc6)cc5)cc4)c4ccc5cc(OC)ccc5c4)cc3)cc2)cc1. The van der Waals surface area contributed by atoms with Gasteiger partial charge in [-0.25, -0.2) is 0 Å². The van der Waals surface area contributed by atoms with Crippen LogP contribution < -0.4 is 19.4 Å². The summed E-state index contributed by atoms with van der Waals surface area (Å²) in [5, 5.41) is 2.28. The minimum atomic E-state index is 0.849. The Hall–Kier alpha value is -8.86. The first kappa shape index (κ1) is 51.6. The van der Waals surface area contributed by atoms with Crippen LogP contribution in [-0.2, 0) is 12.8 Å². The normalized spacial score (nSPS) is 11.4. The van der Waals surface area contributed by atoms with Crippen LogP contribution in [0.1, 0.15) is 84.0 Å². The lowest BCUT2D eigenvalue weighted by Gasteiger charge is -2.26. The predicted octanol–water partition coefficient (Wildman–Crippen LogP) is 20.9. The molecule has 0 aliphatic heterocycles. The monoisotopic (exact) mass is 1000 g/mol. The molecule has 4 nitrogen and oxygen atoms in total. The van der Waals surface area contributed by atoms with Crippen molar-refractivity contribution in [2.45, 2.75) is 66.2 Å². The number of aryl methyl sites for hydroxylation is 4. The first-order valence-corrected chi connectivity index (χ1v) is 27.4. The second-order valence-corrected chi connectivity index (χ2v) is 20.1. The summed E-state index contributed by atoms with van der Waals surface area (Å²) in [5.41, 5.74) is 19.9. The van der Waals surface area contributed by atoms with Crippen molar-refractivity contribution in [3.63, 3.8) is 0 Å². The van der Waals surface area contributed by atoms with Crippen LogP contribution in [0.15, 0.2) is 231 Å². The van der Waals surface area contributed by atoms with E-state index < -0.39 is 0 Å². The Kier molecular flexibility index (Phi) is 16.5. The van der Waals surface area contributed by atoms with Crippen molar-refractivity contribution in [2.24, 2.45) is 0 Å². The summed E-state index contributed by atoms with van der Waals surface area (Å²) in [4.78, 5) is 7.01. The Balaban J connectivity index is 0.874. The summed E-state index contributed by atoms with van der Waals surface area (Å²) in [6.07, 6.45) is 15.8. The van der Waals surface area contributed by atoms with E-state index in [1.54, 1.807) is 7.11 Å². The van der Waals surface area contributed by atoms with Gasteiger partial charge in [-0.15, -0.1) is 0 Å². The highest BCUT2D eigenvalue weighted by Crippen LogP contribution is 2.39. The molecular weight excluding hydrogens is 935 g/mol. The zero-order chi connectivity index (χ0) is 52.9. The van der Waals surface area contributed by atoms with Crippen LogP contribution in [0.4, 0.5) is 51.2 Å². The van der Waals surface area contributed by atoms with E-state index in [1.807, 2.05) is 6.07 Å². The smallest absolute Gasteiger partial charge is 0.119 e. The lowest BCUT2D eigenvalue weighted by molar-refractivity contribution is 0.415. The van der Waals surface area contributed by atoms with Gasteiger partial charge in [0.2, 0.25) is 0 Å². The minimum absolute atomic E-state index is 0.849. The number of fused-ring (bicyclic) bond motifs is 1. The van der Waals surface area contributed by atoms with E-state index in [4.69, 9.17) is 4.74 Å². The van der Waals surface area contributed by atoms with Gasteiger partial charge in [-0.3, -0.25) is 0 Å². The second-order valence-electron chi connectivity index (χ2n) is 20.1. The number of methoxy groups -OCH3 is 1. The standard InChI is InChI=1S/C73H69N3O/c1-6-8-10-56-20-38-66(39-21-56)74(64-34-12-54(3)13-35-64)68-42-24-58(25-43-68)16-18-60-28-46-70(47-29-60)76(72-50-32-63-53-73(77-5)51-33-62(63)52-72)71-48-30-61(31-49-71)19-17-59-26-44-69(45-27-59)75(65-36-14-55(4)15-37-65)67-40-22-57(23-41-67)11-9-7-2/h12-53H,6-11H2,1-5H3/b18-16+,19-17+. The van der Waals surface area contributed by atoms with Crippen LogP contribution >= 0.6 is 0 Å². The van der Waals surface area contributed by atoms with Crippen LogP contribution in [0.25, 0.3) is 35.1 Å². The Morgan fingerprint density at radius 3 is 0.909 bits per heavy atom. The van der Waals surface area contributed by atoms with Crippen molar-refractivity contribution < 1.29 is 4.74 Å². The molecule has 0 saturated carbocycles. The number of hydrogen-bond acceptors (Lipinski definition) is 4. The molecule has 0 saturated heterocycles. The van der Waals surface area contributed by atoms with Gasteiger partial charge < -0.3 is 19.4 Å². The predicted molar refractivity (Wildman–Crippen MR) is 332 cm³/mol. The second kappa shape index (κ2) is 24.7. The van der Waals surface area contributed by atoms with Gasteiger partial charge in [0.15, 0.2) is 0 Å². The molecule has 0 amide bonds. The molecule has 4 heteroatoms. The lowest BCUT2D eigenvalue weighted by atomic mass is 10.1. The van der Waals surface area contributed by atoms with Crippen molar-refractivity contribution in [3.8, 4) is 5.75 Å². The van der Waals surface area contributed by atoms with E-state index in [0.717, 1.165) is 103 Å². The Labute approximate surface area is 457 Å². The van der Waals surface area contributed by atoms with Crippen molar-refractivity contribution >= 4 is 86.3 Å². The van der Waals surface area contributed by atoms with Crippen LogP contribution in [-0.4, -0.2) is 7.11 Å². The van der Waals surface area contributed by atoms with Gasteiger partial charge >= 0.3 is 0 Å². The van der Waals surface area contributed by atoms with Crippen LogP contribution in [0.3, 0.4) is 0 Å². The third-order valence-electron chi connectivity index (χ3n) is 14.4. The van der Waals surface area contributed by atoms with Crippen molar-refractivity contribution in [3.05, 3.63) is 275 Å². The zero-order valence-corrected chi connectivity index (χ0v) is 45.2. The molecule has 0 spiro atoms. The molecule has 0 heterocycles. The Morgan fingerprint density at radius 1 is 0.312 bits per heavy atom. The van der Waals surface area contributed by atoms with Gasteiger partial charge in [-0.05, 0) is 205 Å². The molecule has 382 valence electrons. The molecule has 0 unspecified atom stereocenters. The summed E-state index contributed by atoms with van der Waals surface area (Å²) in [6, 6.07) is 84.0. The molecule has 10 rings (SSSR count). The number of nitrogens with zero attached hydrogens (tertiary/aromatic N) is 3. The molecule has 0 N–H and O–H groups in total. The van der Waals surface area contributed by atoms with Crippen LogP contribution in [0, 0.1) is 13.8 Å². The van der Waals surface area contributed by atoms with E-state index in [1.165, 1.54) is 47.9 Å². The van der Waals surface area contributed by atoms with Crippen molar-refractivity contribution in [1.29, 1.82) is 0 Å². The van der Waals surface area contributed by atoms with Gasteiger partial charge in [0.05, 0.1) is 7.11 Å². The summed E-state index contributed by atoms with van der Waals surface area (Å²) in [5.74, 6) is 0.849. The molecule has 0 radical (unpaired) electrons. The molecule has 0 aliphatic carbocycles. The molecule has 10 aromatic carbocycles. The molecule has 0 aromatic heterocycles. The Morgan fingerprint density at radius 2 is 0.584 bits per heavy atom. The van der Waals surface area contributed by atoms with E-state index >= 15 is 0 Å². The number of benzene rings is 10. The van der Waals surface area contributed by atoms with Gasteiger partial charge in [0.25, 0.3) is 0 Å². The highest BCUT2D eigenvalue weighted by molar-refractivity contribution is 5.91. The first-order valence-electron chi connectivity index (χ1n) is 27.4. The third-order valence-corrected chi connectivity index (χ3v) is 14.4. The topological polar surface area (TPSA) is 19.0 Å². The van der Waals surface area contributed by atoms with E-state index in [2.05, 4.69) is 291 Å². The number of hydrogen-bond donors (Lipinski definition) is 0. The van der Waals surface area contributed by atoms with E-state index in [-0.39, 0.29) is 0 Å². The molecule has 0 aliphatic rings. The molecule has 10 aromatic rings. The van der Waals surface area contributed by atoms with E-state index in [0.29, 0.717) is 0 Å². The van der Waals surface area contributed by atoms with Crippen molar-refractivity contribution in [1.82, 2.24) is 0 Å². The average molecular weight is 1000 g/mol. The summed E-state index contributed by atoms with van der Waals surface area (Å²) >= 11 is 0. The Bertz CT molecular complexity index is 3340. The fourth-order valence-electron chi connectivity index (χ4n) is 9.91. The maximum Gasteiger partial charge on any atom is 0.119 e. The average Bonchev–Trinajstić information content (AvgIpc) is 3.49. The quantitative estimate of drug-likeness (QED) is 0.0708. The first-order chi connectivity index (χ1) is 37.8. The van der Waals surface area contributed by atoms with Gasteiger partial charge in [-0.1, -0.05) is 171 Å². The fraction of sp³-hybridized carbons (Fsp3) is 0.151. The molecule has 77 heavy (non-hydrogen) atoms. The lowest BCUT2D eigenvalue weighted by Crippen LogP contribution is -2.10. The number of ether oxygens (including phenoxy) is 1. The number of unbranched alkanes of at least 4 members (excludes halogenated alkanes) is 2. The molecule has 0 bridgehead atoms. The number of anilines is 9. The maximum absolute atomic E-state index is 5.56. The number of rotatable bonds is 20. The highest BCUT2D eigenvalue weighted by Gasteiger charge is 2.16. The van der Waals surface area contributed by atoms with Crippen LogP contribution in [0.2, 0.25) is 0 Å². The van der Waals surface area contributed by atoms with Gasteiger partial charge in [-0.2, -0.15) is 0 Å². The fourth-order valence-corrected chi connectivity index (χ4v) is 9.91. The minimum Gasteiger partial charge on any atom is -0.497 e. The zero-order valence-electron chi connectivity index (χ0n) is 45.2.